The van der Waals surface area contributed by atoms with Crippen molar-refractivity contribution in [1.29, 1.82) is 0 Å². The summed E-state index contributed by atoms with van der Waals surface area (Å²) in [4.78, 5) is 17.9. The van der Waals surface area contributed by atoms with Crippen LogP contribution in [0.2, 0.25) is 0 Å². The van der Waals surface area contributed by atoms with Gasteiger partial charge in [-0.15, -0.1) is 0 Å². The number of carbonyl (C=O) groups is 1. The number of nitrogens with zero attached hydrogens (tertiary/aromatic N) is 2. The maximum atomic E-state index is 13.5. The van der Waals surface area contributed by atoms with Gasteiger partial charge in [0, 0.05) is 37.3 Å². The lowest BCUT2D eigenvalue weighted by atomic mass is 9.66. The van der Waals surface area contributed by atoms with Gasteiger partial charge < -0.3 is 14.9 Å². The fraction of sp³-hybridized carbons (Fsp3) is 0.516. The predicted octanol–water partition coefficient (Wildman–Crippen LogP) is 6.56. The second kappa shape index (κ2) is 11.0. The van der Waals surface area contributed by atoms with Crippen molar-refractivity contribution in [3.63, 3.8) is 0 Å². The lowest BCUT2D eigenvalue weighted by Crippen LogP contribution is -2.56. The summed E-state index contributed by atoms with van der Waals surface area (Å²) in [6.07, 6.45) is 8.29. The lowest BCUT2D eigenvalue weighted by Gasteiger charge is -2.52. The fourth-order valence-electron chi connectivity index (χ4n) is 6.07. The summed E-state index contributed by atoms with van der Waals surface area (Å²) >= 11 is 0. The second-order valence-corrected chi connectivity index (χ2v) is 10.6. The standard InChI is InChI=1S/C31H42N2O2/c1-5-32(6-2)27-17-15-26(16-18-27)30-28-9-7-8-20-31(28,35)21-22-33(30)29(34)19-12-24-10-13-25(14-11-24)23(3)4/h10-19,23,28,30,35H,5-9,20-22H2,1-4H3/t28-,30-,31-/m0/s1. The Morgan fingerprint density at radius 1 is 1.06 bits per heavy atom. The van der Waals surface area contributed by atoms with Crippen molar-refractivity contribution in [2.45, 2.75) is 77.4 Å². The van der Waals surface area contributed by atoms with Crippen LogP contribution in [0.5, 0.6) is 0 Å². The molecule has 1 aliphatic heterocycles. The number of piperidine rings is 1. The van der Waals surface area contributed by atoms with Crippen molar-refractivity contribution >= 4 is 17.7 Å². The Labute approximate surface area is 211 Å². The van der Waals surface area contributed by atoms with Gasteiger partial charge in [-0.25, -0.2) is 0 Å². The number of aliphatic hydroxyl groups is 1. The average Bonchev–Trinajstić information content (AvgIpc) is 2.87. The van der Waals surface area contributed by atoms with Gasteiger partial charge in [-0.3, -0.25) is 4.79 Å². The molecule has 4 rings (SSSR count). The maximum Gasteiger partial charge on any atom is 0.247 e. The van der Waals surface area contributed by atoms with Crippen molar-refractivity contribution in [3.8, 4) is 0 Å². The van der Waals surface area contributed by atoms with Gasteiger partial charge >= 0.3 is 0 Å². The van der Waals surface area contributed by atoms with Gasteiger partial charge in [0.25, 0.3) is 0 Å². The number of hydrogen-bond donors (Lipinski definition) is 1. The minimum atomic E-state index is -0.673. The molecular formula is C31H42N2O2. The number of carbonyl (C=O) groups excluding carboxylic acids is 1. The van der Waals surface area contributed by atoms with Crippen LogP contribution in [0.25, 0.3) is 6.08 Å². The number of hydrogen-bond acceptors (Lipinski definition) is 3. The van der Waals surface area contributed by atoms with Gasteiger partial charge in [0.05, 0.1) is 11.6 Å². The largest absolute Gasteiger partial charge is 0.389 e. The average molecular weight is 475 g/mol. The van der Waals surface area contributed by atoms with E-state index in [1.807, 2.05) is 11.0 Å². The van der Waals surface area contributed by atoms with Crippen LogP contribution < -0.4 is 4.90 Å². The van der Waals surface area contributed by atoms with E-state index >= 15 is 0 Å². The van der Waals surface area contributed by atoms with Crippen molar-refractivity contribution in [2.75, 3.05) is 24.5 Å². The highest BCUT2D eigenvalue weighted by atomic mass is 16.3. The Bertz CT molecular complexity index is 1010. The molecule has 1 N–H and O–H groups in total. The fourth-order valence-corrected chi connectivity index (χ4v) is 6.07. The zero-order valence-corrected chi connectivity index (χ0v) is 21.9. The topological polar surface area (TPSA) is 43.8 Å². The molecule has 188 valence electrons. The van der Waals surface area contributed by atoms with Gasteiger partial charge in [0.2, 0.25) is 5.91 Å². The molecule has 35 heavy (non-hydrogen) atoms. The maximum absolute atomic E-state index is 13.5. The van der Waals surface area contributed by atoms with E-state index in [0.29, 0.717) is 18.9 Å². The molecule has 2 aromatic rings. The summed E-state index contributed by atoms with van der Waals surface area (Å²) in [6.45, 7) is 11.2. The van der Waals surface area contributed by atoms with Crippen LogP contribution in [0, 0.1) is 5.92 Å². The van der Waals surface area contributed by atoms with Crippen LogP contribution in [0.3, 0.4) is 0 Å². The third-order valence-electron chi connectivity index (χ3n) is 8.24. The molecule has 2 aromatic carbocycles. The second-order valence-electron chi connectivity index (χ2n) is 10.6. The number of rotatable bonds is 7. The first kappa shape index (κ1) is 25.5. The molecule has 0 aromatic heterocycles. The summed E-state index contributed by atoms with van der Waals surface area (Å²) in [6, 6.07) is 17.0. The van der Waals surface area contributed by atoms with E-state index in [-0.39, 0.29) is 17.9 Å². The molecule has 1 aliphatic carbocycles. The quantitative estimate of drug-likeness (QED) is 0.462. The number of anilines is 1. The van der Waals surface area contributed by atoms with Crippen molar-refractivity contribution < 1.29 is 9.90 Å². The van der Waals surface area contributed by atoms with Gasteiger partial charge in [0.1, 0.15) is 0 Å². The first-order chi connectivity index (χ1) is 16.9. The number of amides is 1. The van der Waals surface area contributed by atoms with Crippen LogP contribution >= 0.6 is 0 Å². The minimum Gasteiger partial charge on any atom is -0.389 e. The number of likely N-dealkylation sites (tertiary alicyclic amines) is 1. The van der Waals surface area contributed by atoms with E-state index in [4.69, 9.17) is 0 Å². The van der Waals surface area contributed by atoms with E-state index in [1.54, 1.807) is 6.08 Å². The highest BCUT2D eigenvalue weighted by molar-refractivity contribution is 5.92. The molecule has 0 unspecified atom stereocenters. The summed E-state index contributed by atoms with van der Waals surface area (Å²) in [5, 5.41) is 11.6. The summed E-state index contributed by atoms with van der Waals surface area (Å²) in [5.74, 6) is 0.599. The van der Waals surface area contributed by atoms with Crippen LogP contribution in [0.1, 0.15) is 88.4 Å². The first-order valence-electron chi connectivity index (χ1n) is 13.5. The molecule has 3 atom stereocenters. The predicted molar refractivity (Wildman–Crippen MR) is 146 cm³/mol. The lowest BCUT2D eigenvalue weighted by molar-refractivity contribution is -0.150. The van der Waals surface area contributed by atoms with Gasteiger partial charge in [0.15, 0.2) is 0 Å². The van der Waals surface area contributed by atoms with Crippen LogP contribution in [0.4, 0.5) is 5.69 Å². The van der Waals surface area contributed by atoms with E-state index in [0.717, 1.165) is 49.9 Å². The van der Waals surface area contributed by atoms with E-state index in [1.165, 1.54) is 11.3 Å². The molecule has 1 saturated carbocycles. The minimum absolute atomic E-state index is 0.0309. The Balaban J connectivity index is 1.61. The van der Waals surface area contributed by atoms with Crippen molar-refractivity contribution in [1.82, 2.24) is 4.90 Å². The molecule has 0 spiro atoms. The Morgan fingerprint density at radius 2 is 1.74 bits per heavy atom. The molecule has 1 amide bonds. The molecule has 2 aliphatic rings. The normalized spacial score (nSPS) is 24.6. The molecule has 0 radical (unpaired) electrons. The third-order valence-corrected chi connectivity index (χ3v) is 8.24. The Hall–Kier alpha value is -2.59. The Kier molecular flexibility index (Phi) is 8.01. The molecular weight excluding hydrogens is 432 g/mol. The monoisotopic (exact) mass is 474 g/mol. The highest BCUT2D eigenvalue weighted by Crippen LogP contribution is 2.49. The smallest absolute Gasteiger partial charge is 0.247 e. The zero-order valence-electron chi connectivity index (χ0n) is 21.9. The van der Waals surface area contributed by atoms with E-state index < -0.39 is 5.60 Å². The van der Waals surface area contributed by atoms with E-state index in [9.17, 15) is 9.90 Å². The van der Waals surface area contributed by atoms with Gasteiger partial charge in [-0.05, 0) is 73.9 Å². The summed E-state index contributed by atoms with van der Waals surface area (Å²) in [7, 11) is 0. The molecule has 0 bridgehead atoms. The van der Waals surface area contributed by atoms with Crippen molar-refractivity contribution in [2.24, 2.45) is 5.92 Å². The SMILES string of the molecule is CCN(CC)c1ccc([C@H]2[C@@H]3CCCC[C@]3(O)CCN2C(=O)C=Cc2ccc(C(C)C)cc2)cc1. The number of benzene rings is 2. The molecule has 1 saturated heterocycles. The summed E-state index contributed by atoms with van der Waals surface area (Å²) in [5.41, 5.74) is 4.00. The first-order valence-corrected chi connectivity index (χ1v) is 13.5. The van der Waals surface area contributed by atoms with Crippen molar-refractivity contribution in [3.05, 3.63) is 71.3 Å². The zero-order chi connectivity index (χ0) is 25.0. The molecule has 4 nitrogen and oxygen atoms in total. The van der Waals surface area contributed by atoms with Gasteiger partial charge in [-0.2, -0.15) is 0 Å². The van der Waals surface area contributed by atoms with Crippen LogP contribution in [0.15, 0.2) is 54.6 Å². The van der Waals surface area contributed by atoms with Crippen LogP contribution in [-0.4, -0.2) is 41.1 Å². The number of fused-ring (bicyclic) bond motifs is 1. The molecule has 1 heterocycles. The molecule has 2 fully saturated rings. The molecule has 4 heteroatoms. The van der Waals surface area contributed by atoms with Crippen LogP contribution in [-0.2, 0) is 4.79 Å². The Morgan fingerprint density at radius 3 is 2.37 bits per heavy atom. The third kappa shape index (κ3) is 5.48. The highest BCUT2D eigenvalue weighted by Gasteiger charge is 2.49. The van der Waals surface area contributed by atoms with Gasteiger partial charge in [-0.1, -0.05) is 63.1 Å². The van der Waals surface area contributed by atoms with E-state index in [2.05, 4.69) is 81.1 Å². The summed E-state index contributed by atoms with van der Waals surface area (Å²) < 4.78 is 0.